The maximum atomic E-state index is 12.1. The zero-order valence-corrected chi connectivity index (χ0v) is 16.0. The largest absolute Gasteiger partial charge is 0.481 e. The van der Waals surface area contributed by atoms with Crippen molar-refractivity contribution in [3.63, 3.8) is 0 Å². The van der Waals surface area contributed by atoms with Gasteiger partial charge in [0.2, 0.25) is 0 Å². The SMILES string of the molecule is O=CC(CC(=O)O)c1cccc(-c2ccc(-c3ccccc3)cc2)c1S(=O)(=O)O. The Hall–Kier alpha value is -3.29. The van der Waals surface area contributed by atoms with Gasteiger partial charge >= 0.3 is 5.97 Å². The van der Waals surface area contributed by atoms with Gasteiger partial charge in [-0.25, -0.2) is 0 Å². The molecule has 3 rings (SSSR count). The number of hydrogen-bond acceptors (Lipinski definition) is 4. The Labute approximate surface area is 168 Å². The maximum absolute atomic E-state index is 12.1. The molecule has 0 bridgehead atoms. The second-order valence-corrected chi connectivity index (χ2v) is 7.84. The summed E-state index contributed by atoms with van der Waals surface area (Å²) in [5, 5.41) is 9.02. The zero-order chi connectivity index (χ0) is 21.0. The molecular formula is C22H18O6S. The summed E-state index contributed by atoms with van der Waals surface area (Å²) in [6.45, 7) is 0. The predicted octanol–water partition coefficient (Wildman–Crippen LogP) is 4.02. The summed E-state index contributed by atoms with van der Waals surface area (Å²) in [5.74, 6) is -2.45. The van der Waals surface area contributed by atoms with Gasteiger partial charge in [-0.05, 0) is 22.3 Å². The number of benzene rings is 3. The van der Waals surface area contributed by atoms with E-state index in [1.807, 2.05) is 42.5 Å². The van der Waals surface area contributed by atoms with Gasteiger partial charge < -0.3 is 9.90 Å². The van der Waals surface area contributed by atoms with Gasteiger partial charge in [0.1, 0.15) is 11.2 Å². The van der Waals surface area contributed by atoms with Crippen LogP contribution in [0.15, 0.2) is 77.7 Å². The molecule has 0 saturated heterocycles. The molecule has 1 unspecified atom stereocenters. The number of carbonyl (C=O) groups excluding carboxylic acids is 1. The number of carboxylic acid groups (broad SMARTS) is 1. The van der Waals surface area contributed by atoms with E-state index < -0.39 is 33.3 Å². The highest BCUT2D eigenvalue weighted by Crippen LogP contribution is 2.35. The number of carbonyl (C=O) groups is 2. The lowest BCUT2D eigenvalue weighted by atomic mass is 9.93. The maximum Gasteiger partial charge on any atom is 0.304 e. The molecule has 0 aliphatic heterocycles. The second kappa shape index (κ2) is 8.38. The first-order valence-corrected chi connectivity index (χ1v) is 10.2. The van der Waals surface area contributed by atoms with Crippen molar-refractivity contribution in [3.8, 4) is 22.3 Å². The molecule has 6 nitrogen and oxygen atoms in total. The van der Waals surface area contributed by atoms with Crippen LogP contribution in [-0.4, -0.2) is 30.3 Å². The molecule has 0 saturated carbocycles. The summed E-state index contributed by atoms with van der Waals surface area (Å²) >= 11 is 0. The van der Waals surface area contributed by atoms with Crippen LogP contribution in [-0.2, 0) is 19.7 Å². The predicted molar refractivity (Wildman–Crippen MR) is 108 cm³/mol. The van der Waals surface area contributed by atoms with Gasteiger partial charge in [-0.3, -0.25) is 9.35 Å². The number of rotatable bonds is 7. The Bertz CT molecular complexity index is 1140. The van der Waals surface area contributed by atoms with Crippen LogP contribution in [0, 0.1) is 0 Å². The van der Waals surface area contributed by atoms with Crippen LogP contribution in [0.25, 0.3) is 22.3 Å². The summed E-state index contributed by atoms with van der Waals surface area (Å²) in [6.07, 6.45) is -0.206. The smallest absolute Gasteiger partial charge is 0.304 e. The third kappa shape index (κ3) is 4.59. The van der Waals surface area contributed by atoms with Crippen LogP contribution in [0.2, 0.25) is 0 Å². The summed E-state index contributed by atoms with van der Waals surface area (Å²) in [6, 6.07) is 21.0. The van der Waals surface area contributed by atoms with E-state index in [2.05, 4.69) is 0 Å². The molecule has 0 aromatic heterocycles. The lowest BCUT2D eigenvalue weighted by Gasteiger charge is -2.16. The van der Waals surface area contributed by atoms with Gasteiger partial charge in [0.25, 0.3) is 10.1 Å². The third-order valence-electron chi connectivity index (χ3n) is 4.56. The molecular weight excluding hydrogens is 392 g/mol. The van der Waals surface area contributed by atoms with E-state index in [1.165, 1.54) is 18.2 Å². The quantitative estimate of drug-likeness (QED) is 0.450. The monoisotopic (exact) mass is 410 g/mol. The summed E-state index contributed by atoms with van der Waals surface area (Å²) in [4.78, 5) is 22.0. The van der Waals surface area contributed by atoms with Gasteiger partial charge in [0.05, 0.1) is 12.3 Å². The highest BCUT2D eigenvalue weighted by atomic mass is 32.2. The van der Waals surface area contributed by atoms with E-state index >= 15 is 0 Å². The highest BCUT2D eigenvalue weighted by molar-refractivity contribution is 7.86. The van der Waals surface area contributed by atoms with Crippen molar-refractivity contribution in [2.24, 2.45) is 0 Å². The molecule has 0 amide bonds. The minimum Gasteiger partial charge on any atom is -0.481 e. The lowest BCUT2D eigenvalue weighted by molar-refractivity contribution is -0.138. The number of carboxylic acids is 1. The van der Waals surface area contributed by atoms with Gasteiger partial charge in [0.15, 0.2) is 0 Å². The van der Waals surface area contributed by atoms with Crippen molar-refractivity contribution in [2.45, 2.75) is 17.2 Å². The van der Waals surface area contributed by atoms with Crippen LogP contribution in [0.1, 0.15) is 17.9 Å². The van der Waals surface area contributed by atoms with Crippen molar-refractivity contribution in [1.82, 2.24) is 0 Å². The van der Waals surface area contributed by atoms with Crippen molar-refractivity contribution in [3.05, 3.63) is 78.4 Å². The normalized spacial score (nSPS) is 12.3. The van der Waals surface area contributed by atoms with Crippen LogP contribution in [0.4, 0.5) is 0 Å². The van der Waals surface area contributed by atoms with Crippen molar-refractivity contribution < 1.29 is 27.7 Å². The van der Waals surface area contributed by atoms with Crippen molar-refractivity contribution in [2.75, 3.05) is 0 Å². The topological polar surface area (TPSA) is 109 Å². The van der Waals surface area contributed by atoms with E-state index in [0.29, 0.717) is 11.8 Å². The van der Waals surface area contributed by atoms with Crippen LogP contribution in [0.5, 0.6) is 0 Å². The van der Waals surface area contributed by atoms with Crippen LogP contribution < -0.4 is 0 Å². The fourth-order valence-electron chi connectivity index (χ4n) is 3.25. The van der Waals surface area contributed by atoms with E-state index in [4.69, 9.17) is 5.11 Å². The number of aldehydes is 1. The Morgan fingerprint density at radius 2 is 1.45 bits per heavy atom. The lowest BCUT2D eigenvalue weighted by Crippen LogP contribution is -2.13. The molecule has 29 heavy (non-hydrogen) atoms. The van der Waals surface area contributed by atoms with E-state index in [9.17, 15) is 22.6 Å². The average Bonchev–Trinajstić information content (AvgIpc) is 2.71. The van der Waals surface area contributed by atoms with E-state index in [1.54, 1.807) is 12.1 Å². The second-order valence-electron chi connectivity index (χ2n) is 6.48. The molecule has 3 aromatic carbocycles. The Morgan fingerprint density at radius 1 is 0.862 bits per heavy atom. The third-order valence-corrected chi connectivity index (χ3v) is 5.54. The summed E-state index contributed by atoms with van der Waals surface area (Å²) < 4.78 is 34.1. The minimum atomic E-state index is -4.72. The average molecular weight is 410 g/mol. The molecule has 2 N–H and O–H groups in total. The first-order chi connectivity index (χ1) is 13.8. The molecule has 0 aliphatic carbocycles. The molecule has 0 heterocycles. The molecule has 7 heteroatoms. The van der Waals surface area contributed by atoms with Crippen molar-refractivity contribution >= 4 is 22.4 Å². The Morgan fingerprint density at radius 3 is 2.00 bits per heavy atom. The minimum absolute atomic E-state index is 0.0467. The first kappa shape index (κ1) is 20.4. The highest BCUT2D eigenvalue weighted by Gasteiger charge is 2.27. The summed E-state index contributed by atoms with van der Waals surface area (Å²) in [7, 11) is -4.72. The number of hydrogen-bond donors (Lipinski definition) is 2. The number of aliphatic carboxylic acids is 1. The molecule has 3 aromatic rings. The standard InChI is InChI=1S/C22H18O6S/c23-14-18(13-21(24)25)20-8-4-7-19(22(20)29(26,27)28)17-11-9-16(10-12-17)15-5-2-1-3-6-15/h1-12,14,18H,13H2,(H,24,25)(H,26,27,28). The van der Waals surface area contributed by atoms with E-state index in [-0.39, 0.29) is 11.1 Å². The zero-order valence-electron chi connectivity index (χ0n) is 15.2. The fraction of sp³-hybridized carbons (Fsp3) is 0.0909. The van der Waals surface area contributed by atoms with Gasteiger partial charge in [0, 0.05) is 5.56 Å². The van der Waals surface area contributed by atoms with Gasteiger partial charge in [-0.15, -0.1) is 0 Å². The molecule has 0 radical (unpaired) electrons. The molecule has 148 valence electrons. The Balaban J connectivity index is 2.13. The van der Waals surface area contributed by atoms with Crippen molar-refractivity contribution in [1.29, 1.82) is 0 Å². The molecule has 0 spiro atoms. The van der Waals surface area contributed by atoms with Crippen LogP contribution >= 0.6 is 0 Å². The summed E-state index contributed by atoms with van der Waals surface area (Å²) in [5.41, 5.74) is 2.58. The van der Waals surface area contributed by atoms with E-state index in [0.717, 1.165) is 11.1 Å². The first-order valence-electron chi connectivity index (χ1n) is 8.74. The molecule has 0 fully saturated rings. The molecule has 1 atom stereocenters. The van der Waals surface area contributed by atoms with Crippen LogP contribution in [0.3, 0.4) is 0 Å². The van der Waals surface area contributed by atoms with Gasteiger partial charge in [-0.1, -0.05) is 72.8 Å². The molecule has 0 aliphatic rings. The Kier molecular flexibility index (Phi) is 5.91. The van der Waals surface area contributed by atoms with Gasteiger partial charge in [-0.2, -0.15) is 8.42 Å². The fourth-order valence-corrected chi connectivity index (χ4v) is 4.24.